The third-order valence-electron chi connectivity index (χ3n) is 4.06. The van der Waals surface area contributed by atoms with E-state index < -0.39 is 8.07 Å². The van der Waals surface area contributed by atoms with Gasteiger partial charge in [-0.15, -0.1) is 18.6 Å². The van der Waals surface area contributed by atoms with E-state index >= 15 is 0 Å². The van der Waals surface area contributed by atoms with E-state index in [-0.39, 0.29) is 0 Å². The van der Waals surface area contributed by atoms with Crippen molar-refractivity contribution in [2.45, 2.75) is 39.0 Å². The number of fused-ring (bicyclic) bond motifs is 1. The SMILES string of the molecule is CCC1c2ccccc2[CH-]C[N+]1(C)C[Si](C)(C)C. The average molecular weight is 261 g/mol. The Morgan fingerprint density at radius 2 is 1.94 bits per heavy atom. The molecule has 18 heavy (non-hydrogen) atoms. The third-order valence-corrected chi connectivity index (χ3v) is 5.73. The van der Waals surface area contributed by atoms with Gasteiger partial charge in [0.2, 0.25) is 0 Å². The van der Waals surface area contributed by atoms with E-state index in [1.54, 1.807) is 5.56 Å². The van der Waals surface area contributed by atoms with Crippen molar-refractivity contribution < 1.29 is 4.48 Å². The number of likely N-dealkylation sites (N-methyl/N-ethyl adjacent to an activating group) is 1. The van der Waals surface area contributed by atoms with Gasteiger partial charge in [0, 0.05) is 0 Å². The summed E-state index contributed by atoms with van der Waals surface area (Å²) in [5.41, 5.74) is 3.03. The lowest BCUT2D eigenvalue weighted by Gasteiger charge is -2.51. The first-order valence-electron chi connectivity index (χ1n) is 7.12. The fourth-order valence-electron chi connectivity index (χ4n) is 3.69. The molecule has 2 atom stereocenters. The van der Waals surface area contributed by atoms with Crippen LogP contribution >= 0.6 is 0 Å². The molecule has 100 valence electrons. The normalized spacial score (nSPS) is 27.5. The van der Waals surface area contributed by atoms with Gasteiger partial charge in [0.1, 0.15) is 8.07 Å². The summed E-state index contributed by atoms with van der Waals surface area (Å²) in [6, 6.07) is 9.64. The van der Waals surface area contributed by atoms with Gasteiger partial charge in [0.15, 0.2) is 0 Å². The monoisotopic (exact) mass is 261 g/mol. The molecule has 2 heteroatoms. The van der Waals surface area contributed by atoms with Crippen LogP contribution in [0.15, 0.2) is 24.3 Å². The van der Waals surface area contributed by atoms with E-state index in [4.69, 9.17) is 0 Å². The molecule has 2 unspecified atom stereocenters. The smallest absolute Gasteiger partial charge is 0.110 e. The molecule has 0 N–H and O–H groups in total. The summed E-state index contributed by atoms with van der Waals surface area (Å²) in [6.45, 7) is 11.0. The number of hydrogen-bond acceptors (Lipinski definition) is 0. The number of nitrogens with zero attached hydrogens (tertiary/aromatic N) is 1. The van der Waals surface area contributed by atoms with Crippen molar-refractivity contribution in [2.75, 3.05) is 19.8 Å². The summed E-state index contributed by atoms with van der Waals surface area (Å²) in [6.07, 6.45) is 5.06. The Kier molecular flexibility index (Phi) is 3.61. The summed E-state index contributed by atoms with van der Waals surface area (Å²) in [4.78, 5) is 0. The number of quaternary nitrogens is 1. The van der Waals surface area contributed by atoms with Crippen molar-refractivity contribution in [3.63, 3.8) is 0 Å². The lowest BCUT2D eigenvalue weighted by Crippen LogP contribution is -2.57. The molecule has 0 aromatic heterocycles. The zero-order valence-corrected chi connectivity index (χ0v) is 13.5. The van der Waals surface area contributed by atoms with Crippen LogP contribution in [0.2, 0.25) is 19.6 Å². The van der Waals surface area contributed by atoms with E-state index in [2.05, 4.69) is 64.3 Å². The molecule has 1 aromatic rings. The van der Waals surface area contributed by atoms with Crippen LogP contribution in [0.3, 0.4) is 0 Å². The minimum atomic E-state index is -1.04. The summed E-state index contributed by atoms with van der Waals surface area (Å²) in [5, 5.41) is 0. The maximum atomic E-state index is 2.49. The second-order valence-corrected chi connectivity index (χ2v) is 12.6. The Labute approximate surface area is 113 Å². The van der Waals surface area contributed by atoms with E-state index in [0.717, 1.165) is 0 Å². The van der Waals surface area contributed by atoms with Gasteiger partial charge in [-0.25, -0.2) is 0 Å². The van der Waals surface area contributed by atoms with Crippen molar-refractivity contribution >= 4 is 8.07 Å². The van der Waals surface area contributed by atoms with Crippen LogP contribution in [0.4, 0.5) is 0 Å². The van der Waals surface area contributed by atoms with Gasteiger partial charge in [-0.1, -0.05) is 38.2 Å². The van der Waals surface area contributed by atoms with Crippen LogP contribution in [-0.4, -0.2) is 32.3 Å². The molecule has 0 radical (unpaired) electrons. The topological polar surface area (TPSA) is 0 Å². The van der Waals surface area contributed by atoms with Gasteiger partial charge in [-0.3, -0.25) is 0 Å². The Morgan fingerprint density at radius 1 is 1.28 bits per heavy atom. The first-order chi connectivity index (χ1) is 8.36. The van der Waals surface area contributed by atoms with Crippen LogP contribution in [0.5, 0.6) is 0 Å². The fraction of sp³-hybridized carbons (Fsp3) is 0.562. The summed E-state index contributed by atoms with van der Waals surface area (Å²) < 4.78 is 1.21. The summed E-state index contributed by atoms with van der Waals surface area (Å²) >= 11 is 0. The largest absolute Gasteiger partial charge is 0.339 e. The van der Waals surface area contributed by atoms with Gasteiger partial charge in [0.05, 0.1) is 25.8 Å². The van der Waals surface area contributed by atoms with Crippen LogP contribution < -0.4 is 0 Å². The quantitative estimate of drug-likeness (QED) is 0.438. The van der Waals surface area contributed by atoms with Gasteiger partial charge >= 0.3 is 0 Å². The van der Waals surface area contributed by atoms with Gasteiger partial charge in [0.25, 0.3) is 0 Å². The molecule has 0 aliphatic carbocycles. The zero-order chi connectivity index (χ0) is 13.4. The first kappa shape index (κ1) is 13.7. The molecule has 1 nitrogen and oxygen atoms in total. The molecule has 2 rings (SSSR count). The molecule has 0 saturated heterocycles. The molecule has 0 spiro atoms. The van der Waals surface area contributed by atoms with Crippen molar-refractivity contribution in [3.05, 3.63) is 41.8 Å². The molecule has 1 heterocycles. The third kappa shape index (κ3) is 2.65. The molecule has 0 amide bonds. The van der Waals surface area contributed by atoms with Crippen molar-refractivity contribution in [3.8, 4) is 0 Å². The average Bonchev–Trinajstić information content (AvgIpc) is 2.26. The predicted molar refractivity (Wildman–Crippen MR) is 82.1 cm³/mol. The molecular weight excluding hydrogens is 234 g/mol. The van der Waals surface area contributed by atoms with E-state index in [1.165, 1.54) is 29.2 Å². The highest BCUT2D eigenvalue weighted by molar-refractivity contribution is 6.76. The Morgan fingerprint density at radius 3 is 2.56 bits per heavy atom. The van der Waals surface area contributed by atoms with Gasteiger partial charge < -0.3 is 4.48 Å². The Hall–Kier alpha value is -0.733. The molecule has 1 aliphatic rings. The zero-order valence-electron chi connectivity index (χ0n) is 12.5. The highest BCUT2D eigenvalue weighted by Gasteiger charge is 2.37. The lowest BCUT2D eigenvalue weighted by atomic mass is 9.90. The van der Waals surface area contributed by atoms with Crippen LogP contribution in [0, 0.1) is 6.42 Å². The first-order valence-corrected chi connectivity index (χ1v) is 10.8. The second-order valence-electron chi connectivity index (χ2n) is 7.14. The minimum Gasteiger partial charge on any atom is -0.339 e. The standard InChI is InChI=1S/C16H27NSi/c1-6-16-15-10-8-7-9-14(15)11-12-17(16,2)13-18(3,4)5/h7-11,16H,6,12-13H2,1-5H3. The van der Waals surface area contributed by atoms with Crippen LogP contribution in [0.25, 0.3) is 0 Å². The Balaban J connectivity index is 2.36. The highest BCUT2D eigenvalue weighted by Crippen LogP contribution is 2.38. The second kappa shape index (κ2) is 4.75. The van der Waals surface area contributed by atoms with E-state index in [1.807, 2.05) is 0 Å². The lowest BCUT2D eigenvalue weighted by molar-refractivity contribution is -0.928. The molecular formula is C16H27NSi. The maximum absolute atomic E-state index is 2.49. The highest BCUT2D eigenvalue weighted by atomic mass is 28.3. The van der Waals surface area contributed by atoms with Crippen LogP contribution in [-0.2, 0) is 0 Å². The van der Waals surface area contributed by atoms with Gasteiger partial charge in [-0.05, 0) is 6.42 Å². The predicted octanol–water partition coefficient (Wildman–Crippen LogP) is 4.03. The molecule has 0 saturated carbocycles. The number of benzene rings is 1. The van der Waals surface area contributed by atoms with E-state index in [0.29, 0.717) is 6.04 Å². The van der Waals surface area contributed by atoms with Crippen molar-refractivity contribution in [2.24, 2.45) is 0 Å². The van der Waals surface area contributed by atoms with Crippen molar-refractivity contribution in [1.82, 2.24) is 0 Å². The molecule has 0 fully saturated rings. The van der Waals surface area contributed by atoms with Gasteiger partial charge in [-0.2, -0.15) is 11.6 Å². The van der Waals surface area contributed by atoms with Crippen molar-refractivity contribution in [1.29, 1.82) is 0 Å². The summed E-state index contributed by atoms with van der Waals surface area (Å²) in [5.74, 6) is 0. The van der Waals surface area contributed by atoms with Crippen LogP contribution in [0.1, 0.15) is 30.5 Å². The summed E-state index contributed by atoms with van der Waals surface area (Å²) in [7, 11) is 1.41. The molecule has 0 bridgehead atoms. The minimum absolute atomic E-state index is 0.679. The number of hydrogen-bond donors (Lipinski definition) is 0. The van der Waals surface area contributed by atoms with E-state index in [9.17, 15) is 0 Å². The molecule has 1 aliphatic heterocycles. The fourth-order valence-corrected chi connectivity index (χ4v) is 6.21. The maximum Gasteiger partial charge on any atom is 0.110 e. The molecule has 1 aromatic carbocycles. The number of rotatable bonds is 3. The Bertz CT molecular complexity index is 421.